The number of hydrogen-bond donors (Lipinski definition) is 2. The van der Waals surface area contributed by atoms with Crippen LogP contribution in [-0.2, 0) is 4.79 Å². The number of carbonyl (C=O) groups is 1. The molecule has 1 aliphatic heterocycles. The number of amides is 1. The van der Waals surface area contributed by atoms with Crippen LogP contribution in [-0.4, -0.2) is 25.5 Å². The normalized spacial score (nSPS) is 50.0. The van der Waals surface area contributed by atoms with Gasteiger partial charge in [0, 0.05) is 25.6 Å². The molecular weight excluding hydrogens is 248 g/mol. The van der Waals surface area contributed by atoms with E-state index in [0.29, 0.717) is 22.7 Å². The summed E-state index contributed by atoms with van der Waals surface area (Å²) in [5, 5.41) is 6.58. The van der Waals surface area contributed by atoms with E-state index in [1.807, 2.05) is 0 Å². The molecule has 0 aromatic rings. The molecule has 2 unspecified atom stereocenters. The molecule has 5 fully saturated rings. The van der Waals surface area contributed by atoms with Gasteiger partial charge in [-0.3, -0.25) is 4.79 Å². The van der Waals surface area contributed by atoms with Crippen molar-refractivity contribution in [2.75, 3.05) is 19.6 Å². The topological polar surface area (TPSA) is 41.1 Å². The van der Waals surface area contributed by atoms with Gasteiger partial charge in [0.05, 0.1) is 5.41 Å². The molecule has 2 N–H and O–H groups in total. The monoisotopic (exact) mass is 276 g/mol. The molecule has 2 atom stereocenters. The zero-order chi connectivity index (χ0) is 14.0. The zero-order valence-electron chi connectivity index (χ0n) is 12.9. The maximum absolute atomic E-state index is 12.9. The smallest absolute Gasteiger partial charge is 0.226 e. The van der Waals surface area contributed by atoms with Gasteiger partial charge in [-0.2, -0.15) is 0 Å². The second-order valence-electron chi connectivity index (χ2n) is 9.14. The van der Waals surface area contributed by atoms with E-state index in [2.05, 4.69) is 24.5 Å². The minimum Gasteiger partial charge on any atom is -0.355 e. The van der Waals surface area contributed by atoms with Gasteiger partial charge in [0.1, 0.15) is 0 Å². The molecule has 4 aliphatic carbocycles. The average molecular weight is 276 g/mol. The molecule has 0 aromatic carbocycles. The molecular formula is C17H28N2O. The summed E-state index contributed by atoms with van der Waals surface area (Å²) in [6.07, 6.45) is 7.51. The first-order chi connectivity index (χ1) is 9.41. The van der Waals surface area contributed by atoms with Crippen LogP contribution < -0.4 is 10.6 Å². The molecule has 1 heterocycles. The van der Waals surface area contributed by atoms with Gasteiger partial charge in [-0.25, -0.2) is 0 Å². The van der Waals surface area contributed by atoms with Crippen molar-refractivity contribution >= 4 is 5.91 Å². The molecule has 1 amide bonds. The molecule has 4 bridgehead atoms. The lowest BCUT2D eigenvalue weighted by Crippen LogP contribution is -2.60. The SMILES string of the molecule is CC12CC3CC(C)(C1)CC(C(=O)NCC1CNC1)(C3)C2. The average Bonchev–Trinajstić information content (AvgIpc) is 2.21. The lowest BCUT2D eigenvalue weighted by atomic mass is 9.40. The van der Waals surface area contributed by atoms with Gasteiger partial charge in [-0.05, 0) is 55.3 Å². The Bertz CT molecular complexity index is 424. The second-order valence-corrected chi connectivity index (χ2v) is 9.14. The number of hydrogen-bond acceptors (Lipinski definition) is 2. The van der Waals surface area contributed by atoms with Crippen LogP contribution in [0.25, 0.3) is 0 Å². The van der Waals surface area contributed by atoms with Crippen LogP contribution in [0.3, 0.4) is 0 Å². The van der Waals surface area contributed by atoms with Crippen LogP contribution in [0.2, 0.25) is 0 Å². The maximum Gasteiger partial charge on any atom is 0.226 e. The van der Waals surface area contributed by atoms with Gasteiger partial charge in [0.25, 0.3) is 0 Å². The van der Waals surface area contributed by atoms with Gasteiger partial charge in [0.15, 0.2) is 0 Å². The third-order valence-corrected chi connectivity index (χ3v) is 6.53. The summed E-state index contributed by atoms with van der Waals surface area (Å²) in [5.74, 6) is 1.85. The summed E-state index contributed by atoms with van der Waals surface area (Å²) in [4.78, 5) is 12.9. The molecule has 4 saturated carbocycles. The Morgan fingerprint density at radius 1 is 1.10 bits per heavy atom. The summed E-state index contributed by atoms with van der Waals surface area (Å²) in [5.41, 5.74) is 0.840. The largest absolute Gasteiger partial charge is 0.355 e. The molecule has 0 aromatic heterocycles. The lowest BCUT2D eigenvalue weighted by Gasteiger charge is -2.64. The van der Waals surface area contributed by atoms with Crippen molar-refractivity contribution in [1.82, 2.24) is 10.6 Å². The molecule has 3 nitrogen and oxygen atoms in total. The Morgan fingerprint density at radius 2 is 1.75 bits per heavy atom. The van der Waals surface area contributed by atoms with E-state index in [4.69, 9.17) is 0 Å². The molecule has 0 spiro atoms. The van der Waals surface area contributed by atoms with Crippen molar-refractivity contribution in [3.8, 4) is 0 Å². The van der Waals surface area contributed by atoms with Crippen molar-refractivity contribution in [1.29, 1.82) is 0 Å². The zero-order valence-corrected chi connectivity index (χ0v) is 12.9. The summed E-state index contributed by atoms with van der Waals surface area (Å²) < 4.78 is 0. The van der Waals surface area contributed by atoms with Crippen LogP contribution in [0.1, 0.15) is 52.4 Å². The highest BCUT2D eigenvalue weighted by Crippen LogP contribution is 2.69. The quantitative estimate of drug-likeness (QED) is 0.830. The maximum atomic E-state index is 12.9. The first-order valence-corrected chi connectivity index (χ1v) is 8.40. The fourth-order valence-electron chi connectivity index (χ4n) is 6.62. The van der Waals surface area contributed by atoms with E-state index in [-0.39, 0.29) is 5.41 Å². The van der Waals surface area contributed by atoms with E-state index in [1.54, 1.807) is 0 Å². The summed E-state index contributed by atoms with van der Waals surface area (Å²) in [7, 11) is 0. The van der Waals surface area contributed by atoms with Gasteiger partial charge < -0.3 is 10.6 Å². The van der Waals surface area contributed by atoms with Crippen molar-refractivity contribution in [3.63, 3.8) is 0 Å². The van der Waals surface area contributed by atoms with Crippen LogP contribution in [0.15, 0.2) is 0 Å². The lowest BCUT2D eigenvalue weighted by molar-refractivity contribution is -0.170. The fourth-order valence-corrected chi connectivity index (χ4v) is 6.62. The summed E-state index contributed by atoms with van der Waals surface area (Å²) in [6.45, 7) is 7.91. The van der Waals surface area contributed by atoms with Gasteiger partial charge in [0.2, 0.25) is 5.91 Å². The van der Waals surface area contributed by atoms with E-state index in [0.717, 1.165) is 44.8 Å². The van der Waals surface area contributed by atoms with Crippen molar-refractivity contribution in [2.45, 2.75) is 52.4 Å². The van der Waals surface area contributed by atoms with Crippen LogP contribution in [0, 0.1) is 28.1 Å². The van der Waals surface area contributed by atoms with Crippen LogP contribution >= 0.6 is 0 Å². The van der Waals surface area contributed by atoms with Crippen molar-refractivity contribution in [2.24, 2.45) is 28.1 Å². The second kappa shape index (κ2) is 4.00. The van der Waals surface area contributed by atoms with Crippen LogP contribution in [0.5, 0.6) is 0 Å². The molecule has 20 heavy (non-hydrogen) atoms. The minimum absolute atomic E-state index is 0.0277. The molecule has 5 aliphatic rings. The molecule has 0 radical (unpaired) electrons. The summed E-state index contributed by atoms with van der Waals surface area (Å²) >= 11 is 0. The predicted molar refractivity (Wildman–Crippen MR) is 79.2 cm³/mol. The number of carbonyl (C=O) groups excluding carboxylic acids is 1. The number of rotatable bonds is 3. The van der Waals surface area contributed by atoms with Gasteiger partial charge in [-0.15, -0.1) is 0 Å². The Labute approximate surface area is 122 Å². The van der Waals surface area contributed by atoms with E-state index >= 15 is 0 Å². The Morgan fingerprint density at radius 3 is 2.25 bits per heavy atom. The minimum atomic E-state index is -0.0277. The van der Waals surface area contributed by atoms with E-state index in [9.17, 15) is 4.79 Å². The Hall–Kier alpha value is -0.570. The van der Waals surface area contributed by atoms with E-state index in [1.165, 1.54) is 19.3 Å². The highest BCUT2D eigenvalue weighted by Gasteiger charge is 2.62. The first-order valence-electron chi connectivity index (χ1n) is 8.40. The number of nitrogens with one attached hydrogen (secondary N) is 2. The molecule has 3 heteroatoms. The molecule has 5 rings (SSSR count). The fraction of sp³-hybridized carbons (Fsp3) is 0.941. The third kappa shape index (κ3) is 1.93. The van der Waals surface area contributed by atoms with Crippen molar-refractivity contribution in [3.05, 3.63) is 0 Å². The highest BCUT2D eigenvalue weighted by molar-refractivity contribution is 5.83. The molecule has 112 valence electrons. The van der Waals surface area contributed by atoms with Crippen molar-refractivity contribution < 1.29 is 4.79 Å². The van der Waals surface area contributed by atoms with Gasteiger partial charge in [-0.1, -0.05) is 13.8 Å². The van der Waals surface area contributed by atoms with Gasteiger partial charge >= 0.3 is 0 Å². The highest BCUT2D eigenvalue weighted by atomic mass is 16.2. The molecule has 1 saturated heterocycles. The first kappa shape index (κ1) is 13.1. The van der Waals surface area contributed by atoms with E-state index < -0.39 is 0 Å². The summed E-state index contributed by atoms with van der Waals surface area (Å²) in [6, 6.07) is 0. The Balaban J connectivity index is 1.52. The standard InChI is InChI=1S/C17H28N2O/c1-15-3-12-4-16(2,9-15)11-17(5-12,10-15)14(20)19-8-13-6-18-7-13/h12-13,18H,3-11H2,1-2H3,(H,19,20). The predicted octanol–water partition coefficient (Wildman–Crippen LogP) is 2.32. The van der Waals surface area contributed by atoms with Crippen LogP contribution in [0.4, 0.5) is 0 Å². The Kier molecular flexibility index (Phi) is 2.62. The third-order valence-electron chi connectivity index (χ3n) is 6.53.